The molecule has 1 atom stereocenters. The molecule has 0 amide bonds. The standard InChI is InChI=1S/C16H36N.C2H8NO4P/c1-5-9-13-17(14-10-6-2,15-11-7-3)16-12-8-4;3-1-2-7-8(4,5)6/h5-16H2,1-4H3;1-3H2,(H2,4,5,6)/q+1;/p-1. The highest BCUT2D eigenvalue weighted by atomic mass is 31.2. The Morgan fingerprint density at radius 2 is 1.20 bits per heavy atom. The Labute approximate surface area is 156 Å². The van der Waals surface area contributed by atoms with Crippen LogP contribution in [0.15, 0.2) is 0 Å². The van der Waals surface area contributed by atoms with Gasteiger partial charge in [0, 0.05) is 6.54 Å². The number of unbranched alkanes of at least 4 members (excludes halogenated alkanes) is 4. The molecule has 7 heteroatoms. The van der Waals surface area contributed by atoms with E-state index in [1.54, 1.807) is 0 Å². The second kappa shape index (κ2) is 17.4. The van der Waals surface area contributed by atoms with Crippen molar-refractivity contribution in [3.05, 3.63) is 0 Å². The second-order valence-corrected chi connectivity index (χ2v) is 7.94. The van der Waals surface area contributed by atoms with Crippen LogP contribution in [-0.2, 0) is 9.09 Å². The fraction of sp³-hybridized carbons (Fsp3) is 1.00. The summed E-state index contributed by atoms with van der Waals surface area (Å²) in [6.45, 7) is 14.9. The molecule has 0 spiro atoms. The molecule has 1 unspecified atom stereocenters. The summed E-state index contributed by atoms with van der Waals surface area (Å²) in [5, 5.41) is 0. The maximum absolute atomic E-state index is 9.70. The summed E-state index contributed by atoms with van der Waals surface area (Å²) in [6, 6.07) is 0. The van der Waals surface area contributed by atoms with E-state index in [0.717, 1.165) is 0 Å². The third kappa shape index (κ3) is 18.6. The predicted octanol–water partition coefficient (Wildman–Crippen LogP) is 3.43. The van der Waals surface area contributed by atoms with Crippen LogP contribution in [0, 0.1) is 0 Å². The van der Waals surface area contributed by atoms with Gasteiger partial charge in [-0.15, -0.1) is 0 Å². The predicted molar refractivity (Wildman–Crippen MR) is 104 cm³/mol. The SMILES string of the molecule is CCCC[N+](CCCC)(CCCC)CCCC.NCCOP(=O)([O-])O. The molecule has 0 bridgehead atoms. The molecule has 25 heavy (non-hydrogen) atoms. The Bertz CT molecular complexity index is 287. The summed E-state index contributed by atoms with van der Waals surface area (Å²) in [4.78, 5) is 17.6. The van der Waals surface area contributed by atoms with Gasteiger partial charge in [0.2, 0.25) is 0 Å². The average molecular weight is 383 g/mol. The molecule has 0 saturated carbocycles. The molecule has 154 valence electrons. The molecule has 0 aromatic heterocycles. The van der Waals surface area contributed by atoms with Gasteiger partial charge in [0.25, 0.3) is 7.82 Å². The average Bonchev–Trinajstić information content (AvgIpc) is 2.58. The molecule has 0 aliphatic rings. The zero-order valence-electron chi connectivity index (χ0n) is 17.0. The number of phosphoric ester groups is 1. The minimum atomic E-state index is -4.51. The van der Waals surface area contributed by atoms with Crippen molar-refractivity contribution in [2.75, 3.05) is 39.3 Å². The lowest BCUT2D eigenvalue weighted by molar-refractivity contribution is -0.929. The Morgan fingerprint density at radius 1 is 0.880 bits per heavy atom. The maximum atomic E-state index is 9.70. The quantitative estimate of drug-likeness (QED) is 0.334. The molecule has 0 fully saturated rings. The zero-order valence-corrected chi connectivity index (χ0v) is 17.9. The largest absolute Gasteiger partial charge is 0.756 e. The van der Waals surface area contributed by atoms with Crippen LogP contribution in [-0.4, -0.2) is 48.7 Å². The molecule has 0 aromatic rings. The lowest BCUT2D eigenvalue weighted by Crippen LogP contribution is -2.50. The summed E-state index contributed by atoms with van der Waals surface area (Å²) < 4.78 is 14.9. The van der Waals surface area contributed by atoms with Crippen LogP contribution < -0.4 is 10.6 Å². The molecule has 0 heterocycles. The molecule has 0 radical (unpaired) electrons. The van der Waals surface area contributed by atoms with Crippen molar-refractivity contribution in [2.45, 2.75) is 79.1 Å². The number of phosphoric acid groups is 1. The van der Waals surface area contributed by atoms with Crippen LogP contribution >= 0.6 is 7.82 Å². The van der Waals surface area contributed by atoms with Gasteiger partial charge in [0.15, 0.2) is 0 Å². The van der Waals surface area contributed by atoms with Gasteiger partial charge in [-0.1, -0.05) is 53.4 Å². The van der Waals surface area contributed by atoms with Crippen LogP contribution in [0.5, 0.6) is 0 Å². The molecule has 6 nitrogen and oxygen atoms in total. The first-order chi connectivity index (χ1) is 11.8. The molecule has 0 aliphatic carbocycles. The van der Waals surface area contributed by atoms with E-state index in [2.05, 4.69) is 32.2 Å². The topological polar surface area (TPSA) is 95.6 Å². The van der Waals surface area contributed by atoms with Gasteiger partial charge in [-0.3, -0.25) is 4.57 Å². The minimum Gasteiger partial charge on any atom is -0.756 e. The number of hydrogen-bond donors (Lipinski definition) is 2. The summed E-state index contributed by atoms with van der Waals surface area (Å²) in [7, 11) is -4.51. The van der Waals surface area contributed by atoms with Crippen LogP contribution in [0.4, 0.5) is 0 Å². The normalized spacial score (nSPS) is 13.9. The van der Waals surface area contributed by atoms with E-state index in [0.29, 0.717) is 0 Å². The highest BCUT2D eigenvalue weighted by Crippen LogP contribution is 2.29. The third-order valence-corrected chi connectivity index (χ3v) is 4.83. The molecule has 3 N–H and O–H groups in total. The van der Waals surface area contributed by atoms with Gasteiger partial charge in [-0.2, -0.15) is 0 Å². The summed E-state index contributed by atoms with van der Waals surface area (Å²) in [5.41, 5.74) is 4.84. The summed E-state index contributed by atoms with van der Waals surface area (Å²) >= 11 is 0. The monoisotopic (exact) mass is 382 g/mol. The maximum Gasteiger partial charge on any atom is 0.265 e. The smallest absolute Gasteiger partial charge is 0.265 e. The number of nitrogens with two attached hydrogens (primary N) is 1. The van der Waals surface area contributed by atoms with Gasteiger partial charge in [0.05, 0.1) is 32.8 Å². The van der Waals surface area contributed by atoms with Gasteiger partial charge in [-0.25, -0.2) is 0 Å². The summed E-state index contributed by atoms with van der Waals surface area (Å²) in [5.74, 6) is 0. The number of nitrogens with zero attached hydrogens (tertiary/aromatic N) is 1. The Kier molecular flexibility index (Phi) is 19.0. The molecular weight excluding hydrogens is 339 g/mol. The molecule has 0 rings (SSSR count). The second-order valence-electron chi connectivity index (χ2n) is 6.74. The van der Waals surface area contributed by atoms with E-state index in [-0.39, 0.29) is 13.2 Å². The molecule has 0 saturated heterocycles. The lowest BCUT2D eigenvalue weighted by atomic mass is 10.1. The zero-order chi connectivity index (χ0) is 19.6. The fourth-order valence-corrected chi connectivity index (χ4v) is 3.15. The first-order valence-corrected chi connectivity index (χ1v) is 11.5. The molecular formula is C18H43N2O4P. The van der Waals surface area contributed by atoms with E-state index in [9.17, 15) is 9.46 Å². The van der Waals surface area contributed by atoms with E-state index in [4.69, 9.17) is 10.6 Å². The summed E-state index contributed by atoms with van der Waals surface area (Å²) in [6.07, 6.45) is 11.1. The van der Waals surface area contributed by atoms with Gasteiger partial charge < -0.3 is 24.5 Å². The molecule has 0 aliphatic heterocycles. The Hall–Kier alpha value is 0.0300. The fourth-order valence-electron chi connectivity index (χ4n) is 2.81. The van der Waals surface area contributed by atoms with Crippen molar-refractivity contribution in [1.29, 1.82) is 0 Å². The Balaban J connectivity index is 0. The van der Waals surface area contributed by atoms with Gasteiger partial charge >= 0.3 is 0 Å². The van der Waals surface area contributed by atoms with E-state index in [1.807, 2.05) is 0 Å². The minimum absolute atomic E-state index is 0.0762. The highest BCUT2D eigenvalue weighted by molar-refractivity contribution is 7.44. The molecule has 0 aromatic carbocycles. The first kappa shape index (κ1) is 27.3. The number of rotatable bonds is 15. The van der Waals surface area contributed by atoms with Crippen molar-refractivity contribution in [1.82, 2.24) is 0 Å². The van der Waals surface area contributed by atoms with Crippen molar-refractivity contribution in [3.63, 3.8) is 0 Å². The Morgan fingerprint density at radius 3 is 1.36 bits per heavy atom. The van der Waals surface area contributed by atoms with Crippen molar-refractivity contribution in [2.24, 2.45) is 5.73 Å². The first-order valence-electron chi connectivity index (χ1n) is 10.0. The third-order valence-electron chi connectivity index (χ3n) is 4.32. The lowest BCUT2D eigenvalue weighted by Gasteiger charge is -2.39. The van der Waals surface area contributed by atoms with Gasteiger partial charge in [0.1, 0.15) is 0 Å². The van der Waals surface area contributed by atoms with E-state index in [1.165, 1.54) is 82.0 Å². The van der Waals surface area contributed by atoms with Crippen LogP contribution in [0.1, 0.15) is 79.1 Å². The van der Waals surface area contributed by atoms with Crippen molar-refractivity contribution >= 4 is 7.82 Å². The highest BCUT2D eigenvalue weighted by Gasteiger charge is 2.24. The van der Waals surface area contributed by atoms with E-state index < -0.39 is 7.82 Å². The van der Waals surface area contributed by atoms with Gasteiger partial charge in [-0.05, 0) is 25.7 Å². The van der Waals surface area contributed by atoms with E-state index >= 15 is 0 Å². The number of hydrogen-bond acceptors (Lipinski definition) is 4. The van der Waals surface area contributed by atoms with Crippen LogP contribution in [0.2, 0.25) is 0 Å². The van der Waals surface area contributed by atoms with Crippen molar-refractivity contribution in [3.8, 4) is 0 Å². The van der Waals surface area contributed by atoms with Crippen LogP contribution in [0.3, 0.4) is 0 Å². The number of quaternary nitrogens is 1. The van der Waals surface area contributed by atoms with Crippen molar-refractivity contribution < 1.29 is 23.4 Å². The van der Waals surface area contributed by atoms with Crippen LogP contribution in [0.25, 0.3) is 0 Å².